The Morgan fingerprint density at radius 2 is 1.74 bits per heavy atom. The average molecular weight is 485 g/mol. The molecule has 12 heteroatoms. The predicted molar refractivity (Wildman–Crippen MR) is 118 cm³/mol. The van der Waals surface area contributed by atoms with Crippen molar-refractivity contribution in [2.75, 3.05) is 57.8 Å². The Labute approximate surface area is 196 Å². The van der Waals surface area contributed by atoms with Crippen LogP contribution in [-0.2, 0) is 4.74 Å². The first-order valence-electron chi connectivity index (χ1n) is 11.7. The van der Waals surface area contributed by atoms with Gasteiger partial charge in [-0.15, -0.1) is 0 Å². The van der Waals surface area contributed by atoms with Gasteiger partial charge in [-0.3, -0.25) is 4.79 Å². The van der Waals surface area contributed by atoms with Gasteiger partial charge >= 0.3 is 12.3 Å². The molecule has 3 aliphatic rings. The molecule has 0 aliphatic carbocycles. The van der Waals surface area contributed by atoms with Crippen molar-refractivity contribution < 1.29 is 27.5 Å². The molecule has 2 amide bonds. The number of piperazine rings is 1. The highest BCUT2D eigenvalue weighted by Crippen LogP contribution is 2.40. The summed E-state index contributed by atoms with van der Waals surface area (Å²) < 4.78 is 42.8. The second-order valence-corrected chi connectivity index (χ2v) is 9.39. The highest BCUT2D eigenvalue weighted by atomic mass is 19.4. The van der Waals surface area contributed by atoms with E-state index in [2.05, 4.69) is 31.6 Å². The molecule has 1 atom stereocenters. The Balaban J connectivity index is 1.45. The van der Waals surface area contributed by atoms with Gasteiger partial charge in [0.05, 0.1) is 0 Å². The molecule has 0 N–H and O–H groups in total. The number of nitrogens with zero attached hydrogens (tertiary/aromatic N) is 6. The first kappa shape index (κ1) is 24.5. The van der Waals surface area contributed by atoms with E-state index in [1.165, 1.54) is 11.2 Å². The molecule has 3 fully saturated rings. The lowest BCUT2D eigenvalue weighted by atomic mass is 9.84. The molecule has 9 nitrogen and oxygen atoms in total. The van der Waals surface area contributed by atoms with Gasteiger partial charge in [0.1, 0.15) is 17.7 Å². The minimum Gasteiger partial charge on any atom is -0.437 e. The smallest absolute Gasteiger partial charge is 0.425 e. The number of likely N-dealkylation sites (N-methyl/N-ethyl adjacent to an activating group) is 1. The lowest BCUT2D eigenvalue weighted by Crippen LogP contribution is -2.55. The number of halogens is 3. The Morgan fingerprint density at radius 1 is 1.06 bits per heavy atom. The molecule has 188 valence electrons. The van der Waals surface area contributed by atoms with Crippen LogP contribution < -0.4 is 4.90 Å². The third-order valence-corrected chi connectivity index (χ3v) is 7.26. The van der Waals surface area contributed by atoms with E-state index >= 15 is 0 Å². The van der Waals surface area contributed by atoms with Gasteiger partial charge in [0, 0.05) is 57.5 Å². The van der Waals surface area contributed by atoms with Crippen molar-refractivity contribution in [2.24, 2.45) is 0 Å². The zero-order valence-corrected chi connectivity index (χ0v) is 19.6. The molecule has 3 aliphatic heterocycles. The number of amides is 2. The second-order valence-electron chi connectivity index (χ2n) is 9.39. The normalized spacial score (nSPS) is 22.2. The first-order chi connectivity index (χ1) is 16.1. The number of hydrogen-bond donors (Lipinski definition) is 0. The van der Waals surface area contributed by atoms with E-state index in [9.17, 15) is 22.8 Å². The largest absolute Gasteiger partial charge is 0.437 e. The molecule has 1 unspecified atom stereocenters. The highest BCUT2D eigenvalue weighted by molar-refractivity contribution is 5.99. The fourth-order valence-corrected chi connectivity index (χ4v) is 5.06. The van der Waals surface area contributed by atoms with Crippen molar-refractivity contribution in [2.45, 2.75) is 50.4 Å². The van der Waals surface area contributed by atoms with Gasteiger partial charge in [0.15, 0.2) is 6.10 Å². The second kappa shape index (κ2) is 9.55. The van der Waals surface area contributed by atoms with Gasteiger partial charge in [-0.2, -0.15) is 13.2 Å². The van der Waals surface area contributed by atoms with E-state index in [4.69, 9.17) is 0 Å². The molecular formula is C22H31F3N6O3. The number of ether oxygens (including phenoxy) is 1. The van der Waals surface area contributed by atoms with Gasteiger partial charge in [0.2, 0.25) is 0 Å². The van der Waals surface area contributed by atoms with E-state index < -0.39 is 23.9 Å². The zero-order valence-electron chi connectivity index (χ0n) is 19.6. The number of likely N-dealkylation sites (tertiary alicyclic amines) is 2. The van der Waals surface area contributed by atoms with Crippen molar-refractivity contribution >= 4 is 17.8 Å². The molecule has 0 radical (unpaired) electrons. The summed E-state index contributed by atoms with van der Waals surface area (Å²) in [6, 6.07) is 0. The maximum Gasteiger partial charge on any atom is 0.425 e. The maximum absolute atomic E-state index is 13.7. The summed E-state index contributed by atoms with van der Waals surface area (Å²) in [5.41, 5.74) is 0.0350. The van der Waals surface area contributed by atoms with Crippen molar-refractivity contribution in [3.05, 3.63) is 18.1 Å². The van der Waals surface area contributed by atoms with Gasteiger partial charge in [-0.1, -0.05) is 0 Å². The number of aromatic nitrogens is 2. The molecule has 0 saturated carbocycles. The summed E-state index contributed by atoms with van der Waals surface area (Å²) in [4.78, 5) is 42.0. The summed E-state index contributed by atoms with van der Waals surface area (Å²) in [5, 5.41) is 0. The average Bonchev–Trinajstić information content (AvgIpc) is 3.21. The van der Waals surface area contributed by atoms with E-state index in [-0.39, 0.29) is 19.0 Å². The molecule has 0 bridgehead atoms. The molecule has 1 aromatic rings. The topological polar surface area (TPSA) is 82.1 Å². The molecule has 4 heterocycles. The van der Waals surface area contributed by atoms with Gasteiger partial charge < -0.3 is 24.3 Å². The van der Waals surface area contributed by atoms with E-state index in [0.717, 1.165) is 45.9 Å². The number of alkyl halides is 3. The quantitative estimate of drug-likeness (QED) is 0.652. The number of piperidine rings is 1. The van der Waals surface area contributed by atoms with Gasteiger partial charge in [-0.25, -0.2) is 14.8 Å². The standard InChI is InChI=1S/C22H31F3N6O3/c1-16(22(23,24)25)34-20(33)30-8-5-21(6-9-30)4-3-7-31(21)19(32)17-14-26-15-27-18(17)29-12-10-28(2)11-13-29/h14-16H,3-13H2,1-2H3. The first-order valence-corrected chi connectivity index (χ1v) is 11.7. The third-order valence-electron chi connectivity index (χ3n) is 7.26. The predicted octanol–water partition coefficient (Wildman–Crippen LogP) is 2.39. The van der Waals surface area contributed by atoms with E-state index in [1.807, 2.05) is 4.90 Å². The molecule has 1 aromatic heterocycles. The Hall–Kier alpha value is -2.63. The third kappa shape index (κ3) is 4.91. The lowest BCUT2D eigenvalue weighted by molar-refractivity contribution is -0.200. The number of anilines is 1. The molecule has 0 aromatic carbocycles. The molecule has 1 spiro atoms. The van der Waals surface area contributed by atoms with Crippen LogP contribution in [0.3, 0.4) is 0 Å². The van der Waals surface area contributed by atoms with Crippen molar-refractivity contribution in [1.82, 2.24) is 24.7 Å². The SMILES string of the molecule is CC(OC(=O)N1CCC2(CCCN2C(=O)c2cncnc2N2CCN(C)CC2)CC1)C(F)(F)F. The number of carbonyl (C=O) groups excluding carboxylic acids is 2. The van der Waals surface area contributed by atoms with Crippen molar-refractivity contribution in [3.8, 4) is 0 Å². The fourth-order valence-electron chi connectivity index (χ4n) is 5.06. The van der Waals surface area contributed by atoms with Crippen LogP contribution in [0, 0.1) is 0 Å². The van der Waals surface area contributed by atoms with Crippen molar-refractivity contribution in [1.29, 1.82) is 0 Å². The minimum atomic E-state index is -4.60. The van der Waals surface area contributed by atoms with Crippen LogP contribution in [-0.4, -0.2) is 107 Å². The highest BCUT2D eigenvalue weighted by Gasteiger charge is 2.48. The monoisotopic (exact) mass is 484 g/mol. The van der Waals surface area contributed by atoms with Crippen molar-refractivity contribution in [3.63, 3.8) is 0 Å². The summed E-state index contributed by atoms with van der Waals surface area (Å²) in [5.74, 6) is 0.506. The molecular weight excluding hydrogens is 453 g/mol. The summed E-state index contributed by atoms with van der Waals surface area (Å²) in [6.45, 7) is 5.19. The summed E-state index contributed by atoms with van der Waals surface area (Å²) >= 11 is 0. The molecule has 4 rings (SSSR count). The van der Waals surface area contributed by atoms with E-state index in [1.54, 1.807) is 6.20 Å². The van der Waals surface area contributed by atoms with E-state index in [0.29, 0.717) is 30.8 Å². The number of carbonyl (C=O) groups is 2. The van der Waals surface area contributed by atoms with Gasteiger partial charge in [0.25, 0.3) is 5.91 Å². The van der Waals surface area contributed by atoms with Crippen LogP contribution in [0.4, 0.5) is 23.8 Å². The molecule has 3 saturated heterocycles. The summed E-state index contributed by atoms with van der Waals surface area (Å²) in [7, 11) is 2.06. The zero-order chi connectivity index (χ0) is 24.5. The minimum absolute atomic E-state index is 0.131. The van der Waals surface area contributed by atoms with Gasteiger partial charge in [-0.05, 0) is 39.7 Å². The van der Waals surface area contributed by atoms with Crippen LogP contribution >= 0.6 is 0 Å². The van der Waals surface area contributed by atoms with Crippen LogP contribution in [0.5, 0.6) is 0 Å². The molecule has 34 heavy (non-hydrogen) atoms. The fraction of sp³-hybridized carbons (Fsp3) is 0.727. The summed E-state index contributed by atoms with van der Waals surface area (Å²) in [6.07, 6.45) is -2.10. The number of hydrogen-bond acceptors (Lipinski definition) is 7. The Kier molecular flexibility index (Phi) is 6.88. The van der Waals surface area contributed by atoms with Crippen LogP contribution in [0.1, 0.15) is 43.0 Å². The Bertz CT molecular complexity index is 898. The number of rotatable bonds is 3. The van der Waals surface area contributed by atoms with Crippen LogP contribution in [0.2, 0.25) is 0 Å². The lowest BCUT2D eigenvalue weighted by Gasteiger charge is -2.45. The Morgan fingerprint density at radius 3 is 2.38 bits per heavy atom. The van der Waals surface area contributed by atoms with Crippen LogP contribution in [0.15, 0.2) is 12.5 Å². The maximum atomic E-state index is 13.7. The van der Waals surface area contributed by atoms with Crippen LogP contribution in [0.25, 0.3) is 0 Å².